The predicted molar refractivity (Wildman–Crippen MR) is 79.2 cm³/mol. The molecule has 19 heavy (non-hydrogen) atoms. The number of nitrogens with one attached hydrogen (secondary N) is 1. The van der Waals surface area contributed by atoms with Gasteiger partial charge in [0.05, 0.1) is 5.56 Å². The first-order valence-corrected chi connectivity index (χ1v) is 7.24. The van der Waals surface area contributed by atoms with Gasteiger partial charge in [-0.2, -0.15) is 0 Å². The molecule has 104 valence electrons. The first-order chi connectivity index (χ1) is 8.68. The molecule has 0 radical (unpaired) electrons. The van der Waals surface area contributed by atoms with E-state index in [1.807, 2.05) is 0 Å². The molecule has 0 aliphatic heterocycles. The summed E-state index contributed by atoms with van der Waals surface area (Å²) in [6.07, 6.45) is 0. The third-order valence-corrected chi connectivity index (χ3v) is 5.48. The highest BCUT2D eigenvalue weighted by molar-refractivity contribution is 9.10. The Morgan fingerprint density at radius 3 is 2.37 bits per heavy atom. The number of carbonyl (C=O) groups excluding carboxylic acids is 1. The predicted octanol–water partition coefficient (Wildman–Crippen LogP) is 3.57. The molecule has 4 heteroatoms. The molecule has 1 fully saturated rings. The third kappa shape index (κ3) is 2.38. The zero-order chi connectivity index (χ0) is 14.4. The van der Waals surface area contributed by atoms with E-state index < -0.39 is 0 Å². The van der Waals surface area contributed by atoms with Gasteiger partial charge in [-0.25, -0.2) is 0 Å². The molecule has 0 atom stereocenters. The summed E-state index contributed by atoms with van der Waals surface area (Å²) in [4.78, 5) is 12.0. The molecule has 1 aromatic rings. The second-order valence-electron chi connectivity index (χ2n) is 6.37. The lowest BCUT2D eigenvalue weighted by molar-refractivity contribution is 0.0947. The highest BCUT2D eigenvalue weighted by Crippen LogP contribution is 2.67. The van der Waals surface area contributed by atoms with Crippen molar-refractivity contribution in [2.45, 2.75) is 27.7 Å². The maximum absolute atomic E-state index is 12.0. The topological polar surface area (TPSA) is 49.3 Å². The normalized spacial score (nSPS) is 20.1. The third-order valence-electron chi connectivity index (χ3n) is 4.99. The van der Waals surface area contributed by atoms with Gasteiger partial charge in [0.15, 0.2) is 0 Å². The van der Waals surface area contributed by atoms with Gasteiger partial charge in [0.2, 0.25) is 0 Å². The minimum atomic E-state index is -0.219. The van der Waals surface area contributed by atoms with Gasteiger partial charge in [0, 0.05) is 11.0 Å². The van der Waals surface area contributed by atoms with Crippen LogP contribution in [0.15, 0.2) is 22.7 Å². The van der Waals surface area contributed by atoms with E-state index in [2.05, 4.69) is 48.9 Å². The number of halogens is 1. The summed E-state index contributed by atoms with van der Waals surface area (Å²) in [5, 5.41) is 12.7. The Balaban J connectivity index is 2.00. The van der Waals surface area contributed by atoms with Crippen molar-refractivity contribution in [3.8, 4) is 5.75 Å². The van der Waals surface area contributed by atoms with E-state index in [1.54, 1.807) is 12.1 Å². The quantitative estimate of drug-likeness (QED) is 0.892. The van der Waals surface area contributed by atoms with E-state index in [0.29, 0.717) is 18.0 Å². The molecular formula is C15H20BrNO2. The summed E-state index contributed by atoms with van der Waals surface area (Å²) in [7, 11) is 0. The average Bonchev–Trinajstić information content (AvgIpc) is 2.66. The Morgan fingerprint density at radius 2 is 1.89 bits per heavy atom. The minimum Gasteiger partial charge on any atom is -0.507 e. The van der Waals surface area contributed by atoms with Crippen LogP contribution in [0.3, 0.4) is 0 Å². The van der Waals surface area contributed by atoms with Crippen LogP contribution in [0.4, 0.5) is 0 Å². The van der Waals surface area contributed by atoms with Crippen molar-refractivity contribution in [3.05, 3.63) is 28.2 Å². The molecule has 1 aliphatic rings. The zero-order valence-electron chi connectivity index (χ0n) is 11.7. The second-order valence-corrected chi connectivity index (χ2v) is 7.28. The van der Waals surface area contributed by atoms with Gasteiger partial charge in [-0.15, -0.1) is 0 Å². The van der Waals surface area contributed by atoms with Gasteiger partial charge in [-0.05, 0) is 34.9 Å². The Hall–Kier alpha value is -1.03. The summed E-state index contributed by atoms with van der Waals surface area (Å²) < 4.78 is 0.756. The molecule has 1 amide bonds. The second kappa shape index (κ2) is 4.51. The molecule has 1 saturated carbocycles. The molecule has 1 aromatic carbocycles. The van der Waals surface area contributed by atoms with Crippen molar-refractivity contribution in [2.75, 3.05) is 6.54 Å². The van der Waals surface area contributed by atoms with Gasteiger partial charge < -0.3 is 10.4 Å². The molecule has 0 saturated heterocycles. The molecule has 0 heterocycles. The van der Waals surface area contributed by atoms with Crippen molar-refractivity contribution < 1.29 is 9.90 Å². The fraction of sp³-hybridized carbons (Fsp3) is 0.533. The van der Waals surface area contributed by atoms with Crippen LogP contribution >= 0.6 is 15.9 Å². The lowest BCUT2D eigenvalue weighted by atomic mass is 10.0. The number of amides is 1. The van der Waals surface area contributed by atoms with Gasteiger partial charge in [-0.3, -0.25) is 4.79 Å². The number of rotatable bonds is 3. The van der Waals surface area contributed by atoms with Crippen LogP contribution in [0.1, 0.15) is 38.1 Å². The molecule has 0 spiro atoms. The number of phenols is 1. The largest absolute Gasteiger partial charge is 0.507 e. The number of hydrogen-bond acceptors (Lipinski definition) is 2. The molecule has 0 bridgehead atoms. The number of phenolic OH excluding ortho intramolecular Hbond substituents is 1. The molecular weight excluding hydrogens is 306 g/mol. The van der Waals surface area contributed by atoms with E-state index in [4.69, 9.17) is 0 Å². The molecule has 1 aliphatic carbocycles. The van der Waals surface area contributed by atoms with Crippen molar-refractivity contribution >= 4 is 21.8 Å². The minimum absolute atomic E-state index is 0.00110. The maximum Gasteiger partial charge on any atom is 0.255 e. The molecule has 3 nitrogen and oxygen atoms in total. The fourth-order valence-electron chi connectivity index (χ4n) is 2.83. The highest BCUT2D eigenvalue weighted by Gasteiger charge is 2.64. The number of hydrogen-bond donors (Lipinski definition) is 2. The molecule has 2 rings (SSSR count). The highest BCUT2D eigenvalue weighted by atomic mass is 79.9. The Morgan fingerprint density at radius 1 is 1.32 bits per heavy atom. The van der Waals surface area contributed by atoms with Gasteiger partial charge in [-0.1, -0.05) is 43.6 Å². The van der Waals surface area contributed by atoms with Gasteiger partial charge >= 0.3 is 0 Å². The van der Waals surface area contributed by atoms with E-state index in [0.717, 1.165) is 4.47 Å². The Bertz CT molecular complexity index is 509. The Kier molecular flexibility index (Phi) is 3.42. The summed E-state index contributed by atoms with van der Waals surface area (Å²) in [6, 6.07) is 4.90. The van der Waals surface area contributed by atoms with Crippen molar-refractivity contribution in [1.82, 2.24) is 5.32 Å². The summed E-state index contributed by atoms with van der Waals surface area (Å²) in [6.45, 7) is 9.54. The van der Waals surface area contributed by atoms with Crippen LogP contribution in [0.5, 0.6) is 5.75 Å². The monoisotopic (exact) mass is 325 g/mol. The van der Waals surface area contributed by atoms with Crippen LogP contribution in [-0.2, 0) is 0 Å². The van der Waals surface area contributed by atoms with Gasteiger partial charge in [0.1, 0.15) is 5.75 Å². The van der Waals surface area contributed by atoms with Crippen molar-refractivity contribution in [1.29, 1.82) is 0 Å². The Labute approximate surface area is 122 Å². The van der Waals surface area contributed by atoms with E-state index >= 15 is 0 Å². The van der Waals surface area contributed by atoms with Crippen LogP contribution in [0.25, 0.3) is 0 Å². The molecule has 2 N–H and O–H groups in total. The summed E-state index contributed by atoms with van der Waals surface area (Å²) >= 11 is 3.26. The SMILES string of the molecule is CC1(C)C(CNC(=O)c2ccc(Br)cc2O)C1(C)C. The van der Waals surface area contributed by atoms with Crippen LogP contribution in [0, 0.1) is 16.7 Å². The average molecular weight is 326 g/mol. The van der Waals surface area contributed by atoms with Crippen LogP contribution in [0.2, 0.25) is 0 Å². The molecule has 0 unspecified atom stereocenters. The van der Waals surface area contributed by atoms with Crippen LogP contribution < -0.4 is 5.32 Å². The van der Waals surface area contributed by atoms with Crippen molar-refractivity contribution in [2.24, 2.45) is 16.7 Å². The number of benzene rings is 1. The standard InChI is InChI=1S/C15H20BrNO2/c1-14(2)12(15(14,3)4)8-17-13(19)10-6-5-9(16)7-11(10)18/h5-7,12,18H,8H2,1-4H3,(H,17,19). The van der Waals surface area contributed by atoms with E-state index in [1.165, 1.54) is 6.07 Å². The van der Waals surface area contributed by atoms with E-state index in [9.17, 15) is 9.90 Å². The fourth-order valence-corrected chi connectivity index (χ4v) is 3.18. The van der Waals surface area contributed by atoms with Gasteiger partial charge in [0.25, 0.3) is 5.91 Å². The first kappa shape index (κ1) is 14.4. The lowest BCUT2D eigenvalue weighted by Gasteiger charge is -2.08. The van der Waals surface area contributed by atoms with Crippen molar-refractivity contribution in [3.63, 3.8) is 0 Å². The summed E-state index contributed by atoms with van der Waals surface area (Å²) in [5.41, 5.74) is 0.823. The van der Waals surface area contributed by atoms with Crippen LogP contribution in [-0.4, -0.2) is 17.6 Å². The summed E-state index contributed by atoms with van der Waals surface area (Å²) in [5.74, 6) is 0.256. The zero-order valence-corrected chi connectivity index (χ0v) is 13.3. The molecule has 0 aromatic heterocycles. The smallest absolute Gasteiger partial charge is 0.255 e. The maximum atomic E-state index is 12.0. The van der Waals surface area contributed by atoms with E-state index in [-0.39, 0.29) is 22.5 Å². The number of carbonyl (C=O) groups is 1. The number of aromatic hydroxyl groups is 1. The first-order valence-electron chi connectivity index (χ1n) is 6.44. The lowest BCUT2D eigenvalue weighted by Crippen LogP contribution is -2.27.